The average molecular weight is 1440 g/mol. The summed E-state index contributed by atoms with van der Waals surface area (Å²) in [5, 5.41) is -1.33. The molecule has 0 bridgehead atoms. The van der Waals surface area contributed by atoms with E-state index >= 15 is 0 Å². The molecule has 2 aliphatic rings. The SMILES string of the molecule is C.O=S(=O)([N-]S(=O)(=O)C1CC=CC1)C1CC=CC1.O=S(=O)([N-]S(=O)(=O)c1cccc(S(=O)(=O)[N-]S(=O)(=O)c2ccccc2)c1)c1ccccc1.O=S(=O)([N-]S(=O)(=O)c1cccc2c(S(=O)(=O)NS(=O)(=O)c3ccc(Cl)cc3)cccc12)c1ccc(Cl)cc1. The zero-order chi connectivity index (χ0) is 64.1. The maximum atomic E-state index is 13.1. The predicted octanol–water partition coefficient (Wildman–Crippen LogP) is 8.95. The van der Waals surface area contributed by atoms with Gasteiger partial charge in [-0.25, -0.2) is 84.2 Å². The van der Waals surface area contributed by atoms with Crippen molar-refractivity contribution < 1.29 is 84.2 Å². The van der Waals surface area contributed by atoms with Gasteiger partial charge >= 0.3 is 0 Å². The minimum atomic E-state index is -4.89. The fourth-order valence-corrected chi connectivity index (χ4v) is 23.1. The summed E-state index contributed by atoms with van der Waals surface area (Å²) in [6.07, 6.45) is 8.36. The van der Waals surface area contributed by atoms with Crippen molar-refractivity contribution in [3.05, 3.63) is 221 Å². The number of allylic oxidation sites excluding steroid dienone is 4. The Labute approximate surface area is 521 Å². The molecule has 0 fully saturated rings. The molecule has 0 aliphatic heterocycles. The van der Waals surface area contributed by atoms with E-state index in [1.165, 1.54) is 84.9 Å². The third-order valence-electron chi connectivity index (χ3n) is 11.9. The molecule has 37 heteroatoms. The number of halogens is 2. The second-order valence-corrected chi connectivity index (χ2v) is 36.8. The zero-order valence-electron chi connectivity index (χ0n) is 43.8. The number of nitrogens with zero attached hydrogens (tertiary/aromatic N) is 4. The molecule has 0 amide bonds. The van der Waals surface area contributed by atoms with Crippen LogP contribution in [0.25, 0.3) is 27.3 Å². The van der Waals surface area contributed by atoms with E-state index in [-0.39, 0.29) is 42.9 Å². The Morgan fingerprint density at radius 2 is 0.614 bits per heavy atom. The van der Waals surface area contributed by atoms with Crippen LogP contribution in [0.3, 0.4) is 0 Å². The van der Waals surface area contributed by atoms with Crippen molar-refractivity contribution in [3.63, 3.8) is 0 Å². The lowest BCUT2D eigenvalue weighted by atomic mass is 10.1. The van der Waals surface area contributed by atoms with Crippen LogP contribution < -0.4 is 4.13 Å². The molecule has 0 saturated carbocycles. The zero-order valence-corrected chi connectivity index (χ0v) is 53.4. The number of fused-ring (bicyclic) bond motifs is 1. The predicted molar refractivity (Wildman–Crippen MR) is 329 cm³/mol. The number of hydrogen-bond acceptors (Lipinski definition) is 20. The quantitative estimate of drug-likeness (QED) is 0.0695. The summed E-state index contributed by atoms with van der Waals surface area (Å²) in [5.74, 6) is 0. The summed E-state index contributed by atoms with van der Waals surface area (Å²) < 4.78 is 263. The minimum absolute atomic E-state index is 0. The summed E-state index contributed by atoms with van der Waals surface area (Å²) in [4.78, 5) is -4.27. The van der Waals surface area contributed by atoms with E-state index in [1.807, 2.05) is 0 Å². The van der Waals surface area contributed by atoms with Gasteiger partial charge in [0.25, 0.3) is 20.0 Å². The van der Waals surface area contributed by atoms with Crippen molar-refractivity contribution >= 4 is 134 Å². The highest BCUT2D eigenvalue weighted by Crippen LogP contribution is 2.36. The monoisotopic (exact) mass is 1440 g/mol. The molecule has 2 aliphatic carbocycles. The molecule has 7 aromatic rings. The minimum Gasteiger partial charge on any atom is -0.436 e. The lowest BCUT2D eigenvalue weighted by Gasteiger charge is -2.27. The van der Waals surface area contributed by atoms with Crippen LogP contribution in [0.5, 0.6) is 0 Å². The van der Waals surface area contributed by atoms with E-state index in [0.29, 0.717) is 31.7 Å². The van der Waals surface area contributed by atoms with Gasteiger partial charge in [-0.2, -0.15) is 0 Å². The van der Waals surface area contributed by atoms with Crippen LogP contribution in [0, 0.1) is 0 Å². The molecule has 88 heavy (non-hydrogen) atoms. The molecule has 474 valence electrons. The van der Waals surface area contributed by atoms with Crippen molar-refractivity contribution in [3.8, 4) is 0 Å². The van der Waals surface area contributed by atoms with Crippen molar-refractivity contribution in [2.45, 2.75) is 82.8 Å². The van der Waals surface area contributed by atoms with Crippen molar-refractivity contribution in [1.29, 1.82) is 0 Å². The third kappa shape index (κ3) is 17.8. The number of sulfonamides is 10. The van der Waals surface area contributed by atoms with E-state index in [0.717, 1.165) is 78.9 Å². The second kappa shape index (κ2) is 27.7. The molecule has 25 nitrogen and oxygen atoms in total. The highest BCUT2D eigenvalue weighted by molar-refractivity contribution is 8.14. The molecule has 0 saturated heterocycles. The van der Waals surface area contributed by atoms with Crippen molar-refractivity contribution in [2.75, 3.05) is 0 Å². The first kappa shape index (κ1) is 71.2. The van der Waals surface area contributed by atoms with Gasteiger partial charge in [0.15, 0.2) is 0 Å². The normalized spacial score (nSPS) is 14.7. The topological polar surface area (TPSA) is 410 Å². The molecule has 0 heterocycles. The maximum absolute atomic E-state index is 13.1. The fraction of sp³-hybridized carbons (Fsp3) is 0.137. The van der Waals surface area contributed by atoms with Gasteiger partial charge in [0.05, 0.1) is 55.0 Å². The molecule has 1 N–H and O–H groups in total. The molecule has 0 atom stereocenters. The summed E-state index contributed by atoms with van der Waals surface area (Å²) in [6, 6.07) is 32.9. The summed E-state index contributed by atoms with van der Waals surface area (Å²) in [5.41, 5.74) is 0. The highest BCUT2D eigenvalue weighted by atomic mass is 35.5. The lowest BCUT2D eigenvalue weighted by molar-refractivity contribution is 0.575. The summed E-state index contributed by atoms with van der Waals surface area (Å²) in [6.45, 7) is 0. The van der Waals surface area contributed by atoms with Gasteiger partial charge in [-0.05, 0) is 134 Å². The second-order valence-electron chi connectivity index (χ2n) is 18.0. The Morgan fingerprint density at radius 1 is 0.307 bits per heavy atom. The Bertz CT molecular complexity index is 4690. The summed E-state index contributed by atoms with van der Waals surface area (Å²) >= 11 is 11.5. The van der Waals surface area contributed by atoms with Gasteiger partial charge in [0.1, 0.15) is 60.1 Å². The first-order valence-electron chi connectivity index (χ1n) is 24.1. The number of hydrogen-bond donors (Lipinski definition) is 1. The molecule has 7 aromatic carbocycles. The third-order valence-corrected chi connectivity index (χ3v) is 30.0. The molecular weight excluding hydrogens is 1390 g/mol. The van der Waals surface area contributed by atoms with Crippen LogP contribution in [-0.4, -0.2) is 94.7 Å². The number of nitrogens with one attached hydrogen (secondary N) is 1. The largest absolute Gasteiger partial charge is 0.436 e. The van der Waals surface area contributed by atoms with Gasteiger partial charge in [-0.1, -0.05) is 122 Å². The molecule has 0 spiro atoms. The Kier molecular flexibility index (Phi) is 22.4. The Hall–Kier alpha value is -5.84. The average Bonchev–Trinajstić information content (AvgIpc) is 2.32. The molecule has 0 radical (unpaired) electrons. The first-order valence-corrected chi connectivity index (χ1v) is 39.5. The Morgan fingerprint density at radius 3 is 1.01 bits per heavy atom. The number of benzene rings is 7. The molecule has 9 rings (SSSR count). The highest BCUT2D eigenvalue weighted by Gasteiger charge is 2.29. The van der Waals surface area contributed by atoms with Crippen LogP contribution in [0.2, 0.25) is 10.0 Å². The van der Waals surface area contributed by atoms with Gasteiger partial charge in [0.2, 0.25) is 0 Å². The van der Waals surface area contributed by atoms with E-state index in [4.69, 9.17) is 23.2 Å². The summed E-state index contributed by atoms with van der Waals surface area (Å²) in [7, 11) is -45.7. The smallest absolute Gasteiger partial charge is 0.254 e. The number of rotatable bonds is 20. The van der Waals surface area contributed by atoms with Crippen LogP contribution in [0.1, 0.15) is 33.1 Å². The molecular formula is C51H47Cl2N5O20S10-4. The van der Waals surface area contributed by atoms with E-state index < -0.39 is 135 Å². The van der Waals surface area contributed by atoms with Crippen LogP contribution in [0.15, 0.2) is 233 Å². The first-order chi connectivity index (χ1) is 40.4. The Balaban J connectivity index is 0.000000223. The maximum Gasteiger partial charge on any atom is 0.254 e. The van der Waals surface area contributed by atoms with E-state index in [2.05, 4.69) is 16.5 Å². The molecule has 0 aromatic heterocycles. The van der Waals surface area contributed by atoms with Crippen molar-refractivity contribution in [1.82, 2.24) is 4.13 Å². The van der Waals surface area contributed by atoms with Gasteiger partial charge in [0, 0.05) is 30.1 Å². The van der Waals surface area contributed by atoms with Crippen LogP contribution in [-0.2, 0) is 100 Å². The lowest BCUT2D eigenvalue weighted by Crippen LogP contribution is -2.30. The van der Waals surface area contributed by atoms with Crippen molar-refractivity contribution in [2.24, 2.45) is 0 Å². The standard InChI is InChI=1S/C22H15Cl2N2O8S4.C18H14N2O8S4.C10H14NO4S2.CH4/c23-15-7-11-17(12-8-15)35(27,28)25-37(31,32)21-5-1-3-19-20(21)4-2-6-22(19)38(33,34)26-36(29,30)18-13-9-16(24)10-14-18;21-29(22,15-8-3-1-4-9-15)19-31(25,26)17-12-7-13-18(14-17)32(27,28)20-30(23,24)16-10-5-2-6-11-16;12-16(13,9-5-1-2-6-9)11-17(14,15)10-7-3-4-8-10;/h1-14,25H;1-14H;1-4,9-10H,5-8H2;1H4/q-1;-2;-1;. The van der Waals surface area contributed by atoms with Gasteiger partial charge < -0.3 is 16.5 Å². The molecule has 0 unspecified atom stereocenters. The van der Waals surface area contributed by atoms with Gasteiger partial charge in [-0.3, -0.25) is 0 Å². The van der Waals surface area contributed by atoms with E-state index in [1.54, 1.807) is 28.4 Å². The van der Waals surface area contributed by atoms with Crippen LogP contribution >= 0.6 is 23.2 Å². The fourth-order valence-electron chi connectivity index (χ4n) is 7.73. The van der Waals surface area contributed by atoms with Gasteiger partial charge in [-0.15, -0.1) is 4.13 Å². The van der Waals surface area contributed by atoms with Crippen LogP contribution in [0.4, 0.5) is 0 Å². The van der Waals surface area contributed by atoms with E-state index in [9.17, 15) is 84.2 Å².